The fraction of sp³-hybridized carbons (Fsp3) is 0.900. The number of carbonyl (C=O) groups is 1. The van der Waals surface area contributed by atoms with Crippen LogP contribution in [0.3, 0.4) is 0 Å². The Labute approximate surface area is 88.7 Å². The number of carboxylic acids is 1. The molecule has 0 aromatic rings. The molecule has 15 heavy (non-hydrogen) atoms. The van der Waals surface area contributed by atoms with Gasteiger partial charge in [-0.3, -0.25) is 4.79 Å². The van der Waals surface area contributed by atoms with Gasteiger partial charge >= 0.3 is 5.97 Å². The Bertz CT molecular complexity index is 227. The fourth-order valence-electron chi connectivity index (χ4n) is 2.14. The number of aliphatic carboxylic acids is 1. The second kappa shape index (κ2) is 4.92. The molecule has 0 radical (unpaired) electrons. The Morgan fingerprint density at radius 1 is 1.40 bits per heavy atom. The molecule has 0 spiro atoms. The number of carboxylic acid groups (broad SMARTS) is 1. The van der Waals surface area contributed by atoms with Crippen LogP contribution < -0.4 is 5.32 Å². The highest BCUT2D eigenvalue weighted by Crippen LogP contribution is 2.26. The predicted molar refractivity (Wildman–Crippen MR) is 52.5 cm³/mol. The average molecular weight is 215 g/mol. The zero-order valence-electron chi connectivity index (χ0n) is 8.65. The molecule has 2 heterocycles. The van der Waals surface area contributed by atoms with Crippen LogP contribution in [0.5, 0.6) is 0 Å². The van der Waals surface area contributed by atoms with Crippen LogP contribution in [0.25, 0.3) is 0 Å². The summed E-state index contributed by atoms with van der Waals surface area (Å²) in [6, 6.07) is 0. The predicted octanol–water partition coefficient (Wildman–Crippen LogP) is 0.202. The van der Waals surface area contributed by atoms with Gasteiger partial charge in [0, 0.05) is 5.92 Å². The van der Waals surface area contributed by atoms with Gasteiger partial charge in [0.25, 0.3) is 0 Å². The van der Waals surface area contributed by atoms with Gasteiger partial charge in [0.1, 0.15) is 0 Å². The van der Waals surface area contributed by atoms with Crippen LogP contribution in [0.1, 0.15) is 19.3 Å². The molecule has 86 valence electrons. The maximum atomic E-state index is 10.5. The SMILES string of the molecule is O=C(O)CC1COC(C2CCNCC2)O1. The molecule has 2 rings (SSSR count). The number of piperidine rings is 1. The van der Waals surface area contributed by atoms with Gasteiger partial charge < -0.3 is 19.9 Å². The summed E-state index contributed by atoms with van der Waals surface area (Å²) in [4.78, 5) is 10.5. The summed E-state index contributed by atoms with van der Waals surface area (Å²) in [6.07, 6.45) is 1.69. The van der Waals surface area contributed by atoms with E-state index in [9.17, 15) is 4.79 Å². The highest BCUT2D eigenvalue weighted by atomic mass is 16.7. The molecule has 2 fully saturated rings. The van der Waals surface area contributed by atoms with E-state index in [1.54, 1.807) is 0 Å². The molecule has 0 aromatic carbocycles. The van der Waals surface area contributed by atoms with Gasteiger partial charge in [0.2, 0.25) is 0 Å². The second-order valence-electron chi connectivity index (χ2n) is 4.15. The van der Waals surface area contributed by atoms with Crippen LogP contribution in [0.4, 0.5) is 0 Å². The molecule has 0 bridgehead atoms. The van der Waals surface area contributed by atoms with Gasteiger partial charge in [0.15, 0.2) is 6.29 Å². The molecular weight excluding hydrogens is 198 g/mol. The van der Waals surface area contributed by atoms with Gasteiger partial charge in [-0.05, 0) is 25.9 Å². The quantitative estimate of drug-likeness (QED) is 0.704. The molecule has 2 saturated heterocycles. The lowest BCUT2D eigenvalue weighted by Gasteiger charge is -2.26. The molecule has 0 saturated carbocycles. The van der Waals surface area contributed by atoms with Crippen molar-refractivity contribution in [1.82, 2.24) is 5.32 Å². The molecule has 2 atom stereocenters. The lowest BCUT2D eigenvalue weighted by atomic mass is 9.98. The minimum atomic E-state index is -0.824. The molecule has 5 nitrogen and oxygen atoms in total. The summed E-state index contributed by atoms with van der Waals surface area (Å²) in [5.41, 5.74) is 0. The van der Waals surface area contributed by atoms with Crippen molar-refractivity contribution < 1.29 is 19.4 Å². The van der Waals surface area contributed by atoms with Crippen molar-refractivity contribution >= 4 is 5.97 Å². The number of hydrogen-bond donors (Lipinski definition) is 2. The number of hydrogen-bond acceptors (Lipinski definition) is 4. The summed E-state index contributed by atoms with van der Waals surface area (Å²) in [7, 11) is 0. The second-order valence-corrected chi connectivity index (χ2v) is 4.15. The first-order chi connectivity index (χ1) is 7.25. The summed E-state index contributed by atoms with van der Waals surface area (Å²) in [6.45, 7) is 2.41. The fourth-order valence-corrected chi connectivity index (χ4v) is 2.14. The number of ether oxygens (including phenoxy) is 2. The standard InChI is InChI=1S/C10H17NO4/c12-9(13)5-8-6-14-10(15-8)7-1-3-11-4-2-7/h7-8,10-11H,1-6H2,(H,12,13). The smallest absolute Gasteiger partial charge is 0.306 e. The first-order valence-electron chi connectivity index (χ1n) is 5.45. The molecule has 5 heteroatoms. The van der Waals surface area contributed by atoms with E-state index in [1.807, 2.05) is 0 Å². The molecular formula is C10H17NO4. The van der Waals surface area contributed by atoms with E-state index >= 15 is 0 Å². The van der Waals surface area contributed by atoms with Gasteiger partial charge in [-0.1, -0.05) is 0 Å². The minimum Gasteiger partial charge on any atom is -0.481 e. The number of nitrogens with one attached hydrogen (secondary N) is 1. The third-order valence-electron chi connectivity index (χ3n) is 2.94. The average Bonchev–Trinajstić information content (AvgIpc) is 2.67. The van der Waals surface area contributed by atoms with Gasteiger partial charge in [-0.15, -0.1) is 0 Å². The third kappa shape index (κ3) is 2.90. The van der Waals surface area contributed by atoms with Crippen molar-refractivity contribution in [3.8, 4) is 0 Å². The molecule has 2 aliphatic rings. The summed E-state index contributed by atoms with van der Waals surface area (Å²) >= 11 is 0. The zero-order valence-corrected chi connectivity index (χ0v) is 8.65. The lowest BCUT2D eigenvalue weighted by molar-refractivity contribution is -0.141. The van der Waals surface area contributed by atoms with Crippen LogP contribution in [-0.2, 0) is 14.3 Å². The highest BCUT2D eigenvalue weighted by Gasteiger charge is 2.34. The molecule has 0 amide bonds. The van der Waals surface area contributed by atoms with Gasteiger partial charge in [-0.25, -0.2) is 0 Å². The third-order valence-corrected chi connectivity index (χ3v) is 2.94. The molecule has 0 aliphatic carbocycles. The lowest BCUT2D eigenvalue weighted by Crippen LogP contribution is -2.34. The van der Waals surface area contributed by atoms with Crippen LogP contribution in [0.2, 0.25) is 0 Å². The van der Waals surface area contributed by atoms with E-state index in [0.29, 0.717) is 12.5 Å². The Balaban J connectivity index is 1.78. The van der Waals surface area contributed by atoms with E-state index in [4.69, 9.17) is 14.6 Å². The molecule has 2 unspecified atom stereocenters. The van der Waals surface area contributed by atoms with Crippen molar-refractivity contribution in [2.45, 2.75) is 31.7 Å². The van der Waals surface area contributed by atoms with Crippen molar-refractivity contribution in [3.63, 3.8) is 0 Å². The van der Waals surface area contributed by atoms with Gasteiger partial charge in [-0.2, -0.15) is 0 Å². The van der Waals surface area contributed by atoms with Crippen molar-refractivity contribution in [2.75, 3.05) is 19.7 Å². The van der Waals surface area contributed by atoms with Crippen LogP contribution in [0, 0.1) is 5.92 Å². The van der Waals surface area contributed by atoms with E-state index in [0.717, 1.165) is 25.9 Å². The van der Waals surface area contributed by atoms with Crippen molar-refractivity contribution in [1.29, 1.82) is 0 Å². The topological polar surface area (TPSA) is 67.8 Å². The van der Waals surface area contributed by atoms with Crippen LogP contribution in [0.15, 0.2) is 0 Å². The Hall–Kier alpha value is -0.650. The van der Waals surface area contributed by atoms with E-state index in [2.05, 4.69) is 5.32 Å². The first kappa shape index (κ1) is 10.9. The van der Waals surface area contributed by atoms with Crippen LogP contribution in [-0.4, -0.2) is 43.2 Å². The Morgan fingerprint density at radius 2 is 2.13 bits per heavy atom. The van der Waals surface area contributed by atoms with Crippen molar-refractivity contribution in [3.05, 3.63) is 0 Å². The highest BCUT2D eigenvalue weighted by molar-refractivity contribution is 5.67. The Morgan fingerprint density at radius 3 is 2.80 bits per heavy atom. The van der Waals surface area contributed by atoms with Crippen molar-refractivity contribution in [2.24, 2.45) is 5.92 Å². The first-order valence-corrected chi connectivity index (χ1v) is 5.45. The normalized spacial score (nSPS) is 33.1. The minimum absolute atomic E-state index is 0.0431. The maximum absolute atomic E-state index is 10.5. The van der Waals surface area contributed by atoms with E-state index in [-0.39, 0.29) is 18.8 Å². The number of rotatable bonds is 3. The molecule has 2 N–H and O–H groups in total. The van der Waals surface area contributed by atoms with Gasteiger partial charge in [0.05, 0.1) is 19.1 Å². The van der Waals surface area contributed by atoms with E-state index < -0.39 is 5.97 Å². The maximum Gasteiger partial charge on any atom is 0.306 e. The zero-order chi connectivity index (χ0) is 10.7. The summed E-state index contributed by atoms with van der Waals surface area (Å²) in [5, 5.41) is 11.9. The Kier molecular flexibility index (Phi) is 3.56. The van der Waals surface area contributed by atoms with E-state index in [1.165, 1.54) is 0 Å². The molecule has 0 aromatic heterocycles. The molecule has 2 aliphatic heterocycles. The van der Waals surface area contributed by atoms with Crippen LogP contribution >= 0.6 is 0 Å². The largest absolute Gasteiger partial charge is 0.481 e. The summed E-state index contributed by atoms with van der Waals surface area (Å²) < 4.78 is 11.1. The monoisotopic (exact) mass is 215 g/mol. The summed E-state index contributed by atoms with van der Waals surface area (Å²) in [5.74, 6) is -0.403.